The fourth-order valence-corrected chi connectivity index (χ4v) is 5.07. The van der Waals surface area contributed by atoms with Crippen LogP contribution in [0.2, 0.25) is 0 Å². The Morgan fingerprint density at radius 2 is 1.75 bits per heavy atom. The Hall–Kier alpha value is -3.19. The van der Waals surface area contributed by atoms with E-state index >= 15 is 0 Å². The summed E-state index contributed by atoms with van der Waals surface area (Å²) in [5.74, 6) is -0.338. The quantitative estimate of drug-likeness (QED) is 0.393. The van der Waals surface area contributed by atoms with Crippen molar-refractivity contribution < 1.29 is 14.4 Å². The number of halogens is 1. The molecule has 0 saturated heterocycles. The van der Waals surface area contributed by atoms with Gasteiger partial charge in [-0.15, -0.1) is 0 Å². The summed E-state index contributed by atoms with van der Waals surface area (Å²) in [6, 6.07) is 18.8. The van der Waals surface area contributed by atoms with E-state index in [1.807, 2.05) is 81.4 Å². The Balaban J connectivity index is 1.47. The third kappa shape index (κ3) is 5.62. The average Bonchev–Trinajstić information content (AvgIpc) is 3.09. The highest BCUT2D eigenvalue weighted by atomic mass is 79.9. The second-order valence-electron chi connectivity index (χ2n) is 10.3. The number of nitrogens with zero attached hydrogens (tertiary/aromatic N) is 2. The number of anilines is 1. The van der Waals surface area contributed by atoms with Gasteiger partial charge >= 0.3 is 0 Å². The van der Waals surface area contributed by atoms with Gasteiger partial charge in [-0.05, 0) is 69.3 Å². The van der Waals surface area contributed by atoms with Crippen LogP contribution in [0.15, 0.2) is 65.1 Å². The van der Waals surface area contributed by atoms with Crippen LogP contribution in [0.3, 0.4) is 0 Å². The van der Waals surface area contributed by atoms with Crippen LogP contribution < -0.4 is 10.2 Å². The van der Waals surface area contributed by atoms with Gasteiger partial charge in [0.15, 0.2) is 0 Å². The van der Waals surface area contributed by atoms with Gasteiger partial charge in [-0.1, -0.05) is 52.3 Å². The first-order valence-corrected chi connectivity index (χ1v) is 13.0. The first-order chi connectivity index (χ1) is 17.0. The van der Waals surface area contributed by atoms with Gasteiger partial charge in [0.2, 0.25) is 11.8 Å². The van der Waals surface area contributed by atoms with Crippen LogP contribution in [0.1, 0.15) is 56.5 Å². The molecule has 188 valence electrons. The van der Waals surface area contributed by atoms with Crippen molar-refractivity contribution in [2.45, 2.75) is 58.7 Å². The van der Waals surface area contributed by atoms with Crippen LogP contribution in [0, 0.1) is 0 Å². The number of hydrogen-bond acceptors (Lipinski definition) is 3. The molecule has 0 radical (unpaired) electrons. The van der Waals surface area contributed by atoms with E-state index in [1.54, 1.807) is 16.7 Å². The number of amides is 3. The molecule has 1 aliphatic heterocycles. The van der Waals surface area contributed by atoms with Crippen molar-refractivity contribution in [2.75, 3.05) is 11.4 Å². The highest BCUT2D eigenvalue weighted by Crippen LogP contribution is 2.37. The number of carbonyl (C=O) groups is 3. The zero-order chi connectivity index (χ0) is 26.0. The summed E-state index contributed by atoms with van der Waals surface area (Å²) < 4.78 is 0.917. The van der Waals surface area contributed by atoms with Crippen LogP contribution in [0.25, 0.3) is 10.8 Å². The summed E-state index contributed by atoms with van der Waals surface area (Å²) in [5, 5.41) is 4.99. The monoisotopic (exact) mass is 549 g/mol. The minimum atomic E-state index is -0.637. The second-order valence-corrected chi connectivity index (χ2v) is 11.2. The Morgan fingerprint density at radius 3 is 2.44 bits per heavy atom. The van der Waals surface area contributed by atoms with E-state index in [-0.39, 0.29) is 24.1 Å². The minimum absolute atomic E-state index is 0.0295. The Morgan fingerprint density at radius 1 is 1.06 bits per heavy atom. The van der Waals surface area contributed by atoms with Crippen LogP contribution in [-0.4, -0.2) is 40.7 Å². The fourth-order valence-electron chi connectivity index (χ4n) is 4.62. The molecular weight excluding hydrogens is 518 g/mol. The molecule has 1 heterocycles. The molecule has 0 saturated carbocycles. The van der Waals surface area contributed by atoms with Crippen LogP contribution in [-0.2, 0) is 16.1 Å². The minimum Gasteiger partial charge on any atom is -0.350 e. The zero-order valence-electron chi connectivity index (χ0n) is 21.2. The summed E-state index contributed by atoms with van der Waals surface area (Å²) in [5.41, 5.74) is 2.13. The van der Waals surface area contributed by atoms with Crippen molar-refractivity contribution in [3.8, 4) is 0 Å². The lowest BCUT2D eigenvalue weighted by atomic mass is 10.1. The third-order valence-corrected chi connectivity index (χ3v) is 6.82. The van der Waals surface area contributed by atoms with Crippen molar-refractivity contribution in [1.29, 1.82) is 0 Å². The van der Waals surface area contributed by atoms with Crippen LogP contribution in [0.4, 0.5) is 5.69 Å². The molecule has 0 aromatic heterocycles. The van der Waals surface area contributed by atoms with Gasteiger partial charge in [0.05, 0.1) is 5.69 Å². The largest absolute Gasteiger partial charge is 0.350 e. The van der Waals surface area contributed by atoms with Crippen molar-refractivity contribution in [3.63, 3.8) is 0 Å². The van der Waals surface area contributed by atoms with Crippen LogP contribution >= 0.6 is 15.9 Å². The van der Waals surface area contributed by atoms with Crippen molar-refractivity contribution in [1.82, 2.24) is 10.2 Å². The lowest BCUT2D eigenvalue weighted by Gasteiger charge is -2.31. The summed E-state index contributed by atoms with van der Waals surface area (Å²) >= 11 is 3.48. The second kappa shape index (κ2) is 10.4. The molecule has 6 nitrogen and oxygen atoms in total. The molecular formula is C29H32BrN3O3. The van der Waals surface area contributed by atoms with Gasteiger partial charge in [0.25, 0.3) is 5.91 Å². The van der Waals surface area contributed by atoms with Crippen molar-refractivity contribution in [2.24, 2.45) is 0 Å². The predicted octanol–water partition coefficient (Wildman–Crippen LogP) is 5.67. The van der Waals surface area contributed by atoms with E-state index in [1.165, 1.54) is 0 Å². The maximum Gasteiger partial charge on any atom is 0.258 e. The number of hydrogen-bond donors (Lipinski definition) is 1. The van der Waals surface area contributed by atoms with Gasteiger partial charge in [-0.25, -0.2) is 0 Å². The molecule has 3 aromatic carbocycles. The predicted molar refractivity (Wildman–Crippen MR) is 147 cm³/mol. The summed E-state index contributed by atoms with van der Waals surface area (Å²) in [7, 11) is 0. The molecule has 1 N–H and O–H groups in total. The molecule has 3 amide bonds. The highest BCUT2D eigenvalue weighted by Gasteiger charge is 2.31. The Kier molecular flexibility index (Phi) is 7.50. The van der Waals surface area contributed by atoms with Crippen molar-refractivity contribution in [3.05, 3.63) is 76.3 Å². The summed E-state index contributed by atoms with van der Waals surface area (Å²) in [6.07, 6.45) is 0.731. The van der Waals surface area contributed by atoms with E-state index in [9.17, 15) is 14.4 Å². The Bertz CT molecular complexity index is 1310. The van der Waals surface area contributed by atoms with E-state index in [4.69, 9.17) is 0 Å². The van der Waals surface area contributed by atoms with Gasteiger partial charge in [0.1, 0.15) is 6.04 Å². The number of nitrogens with one attached hydrogen (secondary N) is 1. The van der Waals surface area contributed by atoms with E-state index in [0.717, 1.165) is 26.5 Å². The SMILES string of the molecule is CC(C(=O)NC(C)(C)C)N(Cc1cccc(Br)c1)C(=O)CCCN1C(=O)c2cccc3cccc1c23. The lowest BCUT2D eigenvalue weighted by Crippen LogP contribution is -2.52. The molecule has 36 heavy (non-hydrogen) atoms. The molecule has 1 atom stereocenters. The maximum absolute atomic E-state index is 13.4. The average molecular weight is 550 g/mol. The standard InChI is InChI=1S/C29H32BrN3O3/c1-19(27(35)31-29(2,3)4)33(18-20-9-5-12-22(30)17-20)25(34)15-8-16-32-24-14-7-11-21-10-6-13-23(26(21)24)28(32)36/h5-7,9-14,17,19H,8,15-16,18H2,1-4H3,(H,31,35). The van der Waals surface area contributed by atoms with E-state index < -0.39 is 11.6 Å². The number of carbonyl (C=O) groups excluding carboxylic acids is 3. The zero-order valence-corrected chi connectivity index (χ0v) is 22.8. The maximum atomic E-state index is 13.4. The smallest absolute Gasteiger partial charge is 0.258 e. The molecule has 3 aromatic rings. The summed E-state index contributed by atoms with van der Waals surface area (Å²) in [4.78, 5) is 42.8. The Labute approximate surface area is 220 Å². The molecule has 0 spiro atoms. The normalized spacial score (nSPS) is 13.7. The number of rotatable bonds is 8. The fraction of sp³-hybridized carbons (Fsp3) is 0.345. The van der Waals surface area contributed by atoms with E-state index in [2.05, 4.69) is 21.2 Å². The topological polar surface area (TPSA) is 69.7 Å². The van der Waals surface area contributed by atoms with Gasteiger partial charge in [-0.3, -0.25) is 14.4 Å². The first-order valence-electron chi connectivity index (χ1n) is 12.2. The molecule has 1 unspecified atom stereocenters. The van der Waals surface area contributed by atoms with Gasteiger partial charge in [-0.2, -0.15) is 0 Å². The summed E-state index contributed by atoms with van der Waals surface area (Å²) in [6.45, 7) is 8.28. The lowest BCUT2D eigenvalue weighted by molar-refractivity contribution is -0.141. The molecule has 0 fully saturated rings. The first kappa shape index (κ1) is 25.9. The van der Waals surface area contributed by atoms with Crippen molar-refractivity contribution >= 4 is 50.1 Å². The molecule has 4 rings (SSSR count). The van der Waals surface area contributed by atoms with E-state index in [0.29, 0.717) is 25.1 Å². The third-order valence-electron chi connectivity index (χ3n) is 6.33. The molecule has 0 bridgehead atoms. The molecule has 0 aliphatic carbocycles. The van der Waals surface area contributed by atoms with Gasteiger partial charge in [0, 0.05) is 40.5 Å². The highest BCUT2D eigenvalue weighted by molar-refractivity contribution is 9.10. The van der Waals surface area contributed by atoms with Gasteiger partial charge < -0.3 is 15.1 Å². The van der Waals surface area contributed by atoms with Crippen LogP contribution in [0.5, 0.6) is 0 Å². The number of benzene rings is 3. The molecule has 1 aliphatic rings. The molecule has 7 heteroatoms.